The standard InChI is InChI=1S/C13H18BrN5/c1-5-6-15-12-8(2)13(17-7-16-12)19-10(4)11(14)9(3)18-19/h7H,5-6H2,1-4H3,(H,15,16,17). The molecular weight excluding hydrogens is 306 g/mol. The van der Waals surface area contributed by atoms with Crippen LogP contribution in [0.25, 0.3) is 5.82 Å². The van der Waals surface area contributed by atoms with Gasteiger partial charge in [-0.1, -0.05) is 6.92 Å². The Hall–Kier alpha value is -1.43. The lowest BCUT2D eigenvalue weighted by molar-refractivity contribution is 0.791. The van der Waals surface area contributed by atoms with Crippen LogP contribution in [0.4, 0.5) is 5.82 Å². The van der Waals surface area contributed by atoms with Crippen molar-refractivity contribution in [3.05, 3.63) is 27.8 Å². The normalized spacial score (nSPS) is 10.8. The first-order valence-corrected chi connectivity index (χ1v) is 7.13. The fraction of sp³-hybridized carbons (Fsp3) is 0.462. The predicted octanol–water partition coefficient (Wildman–Crippen LogP) is 3.17. The summed E-state index contributed by atoms with van der Waals surface area (Å²) in [6.07, 6.45) is 2.63. The summed E-state index contributed by atoms with van der Waals surface area (Å²) in [7, 11) is 0. The Labute approximate surface area is 121 Å². The second kappa shape index (κ2) is 5.69. The molecule has 2 aromatic heterocycles. The van der Waals surface area contributed by atoms with Crippen molar-refractivity contribution in [2.24, 2.45) is 0 Å². The van der Waals surface area contributed by atoms with E-state index in [9.17, 15) is 0 Å². The zero-order valence-corrected chi connectivity index (χ0v) is 13.2. The van der Waals surface area contributed by atoms with Crippen LogP contribution in [0.5, 0.6) is 0 Å². The molecule has 2 aromatic rings. The first-order chi connectivity index (χ1) is 9.06. The molecule has 0 spiro atoms. The lowest BCUT2D eigenvalue weighted by Crippen LogP contribution is -2.10. The second-order valence-electron chi connectivity index (χ2n) is 4.49. The Morgan fingerprint density at radius 3 is 2.58 bits per heavy atom. The summed E-state index contributed by atoms with van der Waals surface area (Å²) in [5, 5.41) is 7.82. The average Bonchev–Trinajstić information content (AvgIpc) is 2.65. The van der Waals surface area contributed by atoms with Crippen molar-refractivity contribution < 1.29 is 0 Å². The van der Waals surface area contributed by atoms with Crippen LogP contribution in [0.15, 0.2) is 10.8 Å². The zero-order valence-electron chi connectivity index (χ0n) is 11.7. The fourth-order valence-corrected chi connectivity index (χ4v) is 2.15. The number of aromatic nitrogens is 4. The van der Waals surface area contributed by atoms with E-state index in [1.54, 1.807) is 6.33 Å². The van der Waals surface area contributed by atoms with Gasteiger partial charge in [0.2, 0.25) is 0 Å². The molecule has 0 aliphatic rings. The first kappa shape index (κ1) is 14.0. The highest BCUT2D eigenvalue weighted by Crippen LogP contribution is 2.25. The van der Waals surface area contributed by atoms with E-state index in [-0.39, 0.29) is 0 Å². The van der Waals surface area contributed by atoms with E-state index in [0.29, 0.717) is 0 Å². The molecule has 0 saturated heterocycles. The molecule has 0 fully saturated rings. The lowest BCUT2D eigenvalue weighted by atomic mass is 10.3. The summed E-state index contributed by atoms with van der Waals surface area (Å²) in [5.41, 5.74) is 3.01. The Morgan fingerprint density at radius 1 is 1.26 bits per heavy atom. The number of rotatable bonds is 4. The fourth-order valence-electron chi connectivity index (χ4n) is 1.91. The molecule has 102 valence electrons. The lowest BCUT2D eigenvalue weighted by Gasteiger charge is -2.11. The van der Waals surface area contributed by atoms with Gasteiger partial charge in [-0.25, -0.2) is 14.6 Å². The van der Waals surface area contributed by atoms with Gasteiger partial charge in [0.1, 0.15) is 12.1 Å². The molecule has 2 rings (SSSR count). The average molecular weight is 324 g/mol. The van der Waals surface area contributed by atoms with Crippen LogP contribution >= 0.6 is 15.9 Å². The number of anilines is 1. The van der Waals surface area contributed by atoms with Crippen LogP contribution in [0, 0.1) is 20.8 Å². The van der Waals surface area contributed by atoms with E-state index in [0.717, 1.165) is 46.0 Å². The van der Waals surface area contributed by atoms with Crippen molar-refractivity contribution in [1.29, 1.82) is 0 Å². The Bertz CT molecular complexity index is 591. The van der Waals surface area contributed by atoms with Gasteiger partial charge in [0, 0.05) is 12.1 Å². The molecule has 1 N–H and O–H groups in total. The number of hydrogen-bond acceptors (Lipinski definition) is 4. The van der Waals surface area contributed by atoms with E-state index in [4.69, 9.17) is 0 Å². The predicted molar refractivity (Wildman–Crippen MR) is 79.8 cm³/mol. The van der Waals surface area contributed by atoms with E-state index in [1.165, 1.54) is 0 Å². The first-order valence-electron chi connectivity index (χ1n) is 6.33. The molecule has 0 unspecified atom stereocenters. The summed E-state index contributed by atoms with van der Waals surface area (Å²) in [5.74, 6) is 1.69. The van der Waals surface area contributed by atoms with Gasteiger partial charge in [0.25, 0.3) is 0 Å². The summed E-state index contributed by atoms with van der Waals surface area (Å²) in [6.45, 7) is 9.03. The number of aryl methyl sites for hydroxylation is 1. The van der Waals surface area contributed by atoms with E-state index >= 15 is 0 Å². The number of halogens is 1. The molecule has 0 atom stereocenters. The van der Waals surface area contributed by atoms with Crippen molar-refractivity contribution in [1.82, 2.24) is 19.7 Å². The third-order valence-corrected chi connectivity index (χ3v) is 4.15. The van der Waals surface area contributed by atoms with Crippen molar-refractivity contribution in [2.75, 3.05) is 11.9 Å². The molecule has 19 heavy (non-hydrogen) atoms. The van der Waals surface area contributed by atoms with Crippen LogP contribution in [0.3, 0.4) is 0 Å². The van der Waals surface area contributed by atoms with Crippen molar-refractivity contribution >= 4 is 21.7 Å². The van der Waals surface area contributed by atoms with Gasteiger partial charge in [-0.2, -0.15) is 5.10 Å². The second-order valence-corrected chi connectivity index (χ2v) is 5.29. The molecule has 0 amide bonds. The van der Waals surface area contributed by atoms with Gasteiger partial charge >= 0.3 is 0 Å². The van der Waals surface area contributed by atoms with E-state index in [2.05, 4.69) is 43.2 Å². The summed E-state index contributed by atoms with van der Waals surface area (Å²) in [4.78, 5) is 8.65. The minimum atomic E-state index is 0.819. The van der Waals surface area contributed by atoms with Crippen LogP contribution < -0.4 is 5.32 Å². The van der Waals surface area contributed by atoms with Crippen molar-refractivity contribution in [2.45, 2.75) is 34.1 Å². The molecule has 0 saturated carbocycles. The SMILES string of the molecule is CCCNc1ncnc(-n2nc(C)c(Br)c2C)c1C. The maximum atomic E-state index is 4.51. The molecule has 0 aliphatic heterocycles. The molecule has 0 aliphatic carbocycles. The monoisotopic (exact) mass is 323 g/mol. The van der Waals surface area contributed by atoms with Crippen molar-refractivity contribution in [3.8, 4) is 5.82 Å². The minimum absolute atomic E-state index is 0.819. The Morgan fingerprint density at radius 2 is 2.00 bits per heavy atom. The van der Waals surface area contributed by atoms with Gasteiger partial charge in [0.15, 0.2) is 5.82 Å². The number of nitrogens with zero attached hydrogens (tertiary/aromatic N) is 4. The third-order valence-electron chi connectivity index (χ3n) is 3.00. The molecule has 6 heteroatoms. The van der Waals surface area contributed by atoms with E-state index < -0.39 is 0 Å². The summed E-state index contributed by atoms with van der Waals surface area (Å²) >= 11 is 3.54. The van der Waals surface area contributed by atoms with Crippen LogP contribution in [0.1, 0.15) is 30.3 Å². The van der Waals surface area contributed by atoms with Crippen LogP contribution in [-0.4, -0.2) is 26.3 Å². The third kappa shape index (κ3) is 2.63. The van der Waals surface area contributed by atoms with Crippen LogP contribution in [0.2, 0.25) is 0 Å². The minimum Gasteiger partial charge on any atom is -0.370 e. The Kier molecular flexibility index (Phi) is 4.19. The van der Waals surface area contributed by atoms with Crippen molar-refractivity contribution in [3.63, 3.8) is 0 Å². The molecule has 5 nitrogen and oxygen atoms in total. The molecule has 2 heterocycles. The van der Waals surface area contributed by atoms with Gasteiger partial charge < -0.3 is 5.32 Å². The highest BCUT2D eigenvalue weighted by Gasteiger charge is 2.15. The van der Waals surface area contributed by atoms with Gasteiger partial charge in [0.05, 0.1) is 15.9 Å². The topological polar surface area (TPSA) is 55.6 Å². The summed E-state index contributed by atoms with van der Waals surface area (Å²) in [6, 6.07) is 0. The molecule has 0 bridgehead atoms. The number of nitrogens with one attached hydrogen (secondary N) is 1. The molecular formula is C13H18BrN5. The maximum absolute atomic E-state index is 4.51. The highest BCUT2D eigenvalue weighted by molar-refractivity contribution is 9.10. The molecule has 0 radical (unpaired) electrons. The van der Waals surface area contributed by atoms with Gasteiger partial charge in [-0.15, -0.1) is 0 Å². The maximum Gasteiger partial charge on any atom is 0.162 e. The van der Waals surface area contributed by atoms with Gasteiger partial charge in [-0.3, -0.25) is 0 Å². The quantitative estimate of drug-likeness (QED) is 0.938. The van der Waals surface area contributed by atoms with E-state index in [1.807, 2.05) is 25.5 Å². The van der Waals surface area contributed by atoms with Crippen LogP contribution in [-0.2, 0) is 0 Å². The number of hydrogen-bond donors (Lipinski definition) is 1. The van der Waals surface area contributed by atoms with Gasteiger partial charge in [-0.05, 0) is 43.1 Å². The molecule has 0 aromatic carbocycles. The zero-order chi connectivity index (χ0) is 14.0. The smallest absolute Gasteiger partial charge is 0.162 e. The largest absolute Gasteiger partial charge is 0.370 e. The highest BCUT2D eigenvalue weighted by atomic mass is 79.9. The Balaban J connectivity index is 2.47. The summed E-state index contributed by atoms with van der Waals surface area (Å²) < 4.78 is 2.88.